The van der Waals surface area contributed by atoms with Crippen LogP contribution in [-0.4, -0.2) is 25.7 Å². The number of ether oxygens (including phenoxy) is 1. The average molecular weight is 269 g/mol. The van der Waals surface area contributed by atoms with Gasteiger partial charge in [-0.1, -0.05) is 11.6 Å². The molecule has 0 radical (unpaired) electrons. The minimum Gasteiger partial charge on any atom is -0.495 e. The molecule has 1 aromatic rings. The zero-order valence-electron chi connectivity index (χ0n) is 11.1. The van der Waals surface area contributed by atoms with Crippen LogP contribution in [0.25, 0.3) is 0 Å². The van der Waals surface area contributed by atoms with Crippen molar-refractivity contribution in [2.45, 2.75) is 31.7 Å². The first-order chi connectivity index (χ1) is 8.54. The van der Waals surface area contributed by atoms with E-state index in [0.29, 0.717) is 5.02 Å². The monoisotopic (exact) mass is 268 g/mol. The molecule has 0 amide bonds. The van der Waals surface area contributed by atoms with E-state index in [1.54, 1.807) is 7.11 Å². The van der Waals surface area contributed by atoms with Gasteiger partial charge in [-0.05, 0) is 56.0 Å². The Balaban J connectivity index is 1.86. The predicted octanol–water partition coefficient (Wildman–Crippen LogP) is 2.28. The molecule has 1 aliphatic carbocycles. The van der Waals surface area contributed by atoms with Gasteiger partial charge in [-0.15, -0.1) is 0 Å². The lowest BCUT2D eigenvalue weighted by Crippen LogP contribution is -2.36. The van der Waals surface area contributed by atoms with Crippen molar-refractivity contribution >= 4 is 11.6 Å². The summed E-state index contributed by atoms with van der Waals surface area (Å²) >= 11 is 6.13. The lowest BCUT2D eigenvalue weighted by atomic mass is 10.1. The molecule has 100 valence electrons. The maximum Gasteiger partial charge on any atom is 0.137 e. The number of hydrogen-bond acceptors (Lipinski definition) is 3. The fourth-order valence-electron chi connectivity index (χ4n) is 2.02. The third-order valence-corrected chi connectivity index (χ3v) is 3.85. The summed E-state index contributed by atoms with van der Waals surface area (Å²) in [5.41, 5.74) is 8.57. The lowest BCUT2D eigenvalue weighted by Gasteiger charge is -2.12. The van der Waals surface area contributed by atoms with Crippen LogP contribution in [0.5, 0.6) is 5.75 Å². The van der Waals surface area contributed by atoms with E-state index in [0.717, 1.165) is 38.1 Å². The summed E-state index contributed by atoms with van der Waals surface area (Å²) in [6.45, 7) is 3.93. The van der Waals surface area contributed by atoms with Crippen molar-refractivity contribution in [2.24, 2.45) is 5.73 Å². The molecule has 4 heteroatoms. The van der Waals surface area contributed by atoms with Gasteiger partial charge in [-0.2, -0.15) is 0 Å². The van der Waals surface area contributed by atoms with Crippen molar-refractivity contribution in [3.05, 3.63) is 28.3 Å². The quantitative estimate of drug-likeness (QED) is 0.778. The number of hydrogen-bond donors (Lipinski definition) is 2. The average Bonchev–Trinajstić information content (AvgIpc) is 3.07. The summed E-state index contributed by atoms with van der Waals surface area (Å²) in [5, 5.41) is 4.09. The first kappa shape index (κ1) is 13.7. The molecule has 0 bridgehead atoms. The maximum absolute atomic E-state index is 6.13. The van der Waals surface area contributed by atoms with E-state index in [1.165, 1.54) is 11.1 Å². The van der Waals surface area contributed by atoms with E-state index in [2.05, 4.69) is 12.2 Å². The van der Waals surface area contributed by atoms with Gasteiger partial charge in [0.25, 0.3) is 0 Å². The first-order valence-electron chi connectivity index (χ1n) is 6.37. The Morgan fingerprint density at radius 3 is 2.78 bits per heavy atom. The van der Waals surface area contributed by atoms with Crippen LogP contribution in [0.3, 0.4) is 0 Å². The van der Waals surface area contributed by atoms with E-state index >= 15 is 0 Å². The van der Waals surface area contributed by atoms with Gasteiger partial charge in [-0.25, -0.2) is 0 Å². The summed E-state index contributed by atoms with van der Waals surface area (Å²) in [6.07, 6.45) is 3.26. The third kappa shape index (κ3) is 3.37. The molecule has 0 spiro atoms. The number of benzene rings is 1. The highest BCUT2D eigenvalue weighted by molar-refractivity contribution is 6.32. The maximum atomic E-state index is 6.13. The van der Waals surface area contributed by atoms with Crippen LogP contribution in [0.4, 0.5) is 0 Å². The molecule has 0 heterocycles. The molecule has 18 heavy (non-hydrogen) atoms. The number of rotatable bonds is 6. The Bertz CT molecular complexity index is 430. The van der Waals surface area contributed by atoms with Crippen LogP contribution in [0.2, 0.25) is 5.02 Å². The van der Waals surface area contributed by atoms with Gasteiger partial charge in [0.05, 0.1) is 12.1 Å². The number of nitrogens with two attached hydrogens (primary N) is 1. The SMILES string of the molecule is COc1cc(C)c(CCNCC2(N)CC2)cc1Cl. The van der Waals surface area contributed by atoms with Gasteiger partial charge in [-0.3, -0.25) is 0 Å². The molecule has 1 saturated carbocycles. The highest BCUT2D eigenvalue weighted by Gasteiger charge is 2.37. The lowest BCUT2D eigenvalue weighted by molar-refractivity contribution is 0.414. The second-order valence-electron chi connectivity index (χ2n) is 5.20. The van der Waals surface area contributed by atoms with Crippen LogP contribution in [0.15, 0.2) is 12.1 Å². The molecule has 2 rings (SSSR count). The fraction of sp³-hybridized carbons (Fsp3) is 0.571. The van der Waals surface area contributed by atoms with Crippen molar-refractivity contribution < 1.29 is 4.74 Å². The van der Waals surface area contributed by atoms with E-state index in [4.69, 9.17) is 22.1 Å². The fourth-order valence-corrected chi connectivity index (χ4v) is 2.28. The Morgan fingerprint density at radius 1 is 1.44 bits per heavy atom. The van der Waals surface area contributed by atoms with Gasteiger partial charge >= 0.3 is 0 Å². The third-order valence-electron chi connectivity index (χ3n) is 3.55. The zero-order valence-corrected chi connectivity index (χ0v) is 11.8. The van der Waals surface area contributed by atoms with Crippen molar-refractivity contribution in [2.75, 3.05) is 20.2 Å². The Labute approximate surface area is 114 Å². The number of nitrogens with one attached hydrogen (secondary N) is 1. The van der Waals surface area contributed by atoms with Crippen molar-refractivity contribution in [1.82, 2.24) is 5.32 Å². The zero-order chi connectivity index (χ0) is 13.2. The number of aryl methyl sites for hydroxylation is 1. The Morgan fingerprint density at radius 2 is 2.17 bits per heavy atom. The molecule has 3 N–H and O–H groups in total. The van der Waals surface area contributed by atoms with E-state index in [1.807, 2.05) is 12.1 Å². The van der Waals surface area contributed by atoms with Gasteiger partial charge in [0.15, 0.2) is 0 Å². The van der Waals surface area contributed by atoms with Crippen LogP contribution in [0, 0.1) is 6.92 Å². The van der Waals surface area contributed by atoms with Gasteiger partial charge in [0.2, 0.25) is 0 Å². The topological polar surface area (TPSA) is 47.3 Å². The molecule has 3 nitrogen and oxygen atoms in total. The molecule has 0 aromatic heterocycles. The minimum absolute atomic E-state index is 0.0760. The molecular weight excluding hydrogens is 248 g/mol. The largest absolute Gasteiger partial charge is 0.495 e. The molecule has 1 aromatic carbocycles. The molecule has 0 aliphatic heterocycles. The molecule has 1 fully saturated rings. The Kier molecular flexibility index (Phi) is 4.15. The molecule has 0 unspecified atom stereocenters. The van der Waals surface area contributed by atoms with Gasteiger partial charge in [0, 0.05) is 12.1 Å². The van der Waals surface area contributed by atoms with Crippen LogP contribution in [0.1, 0.15) is 24.0 Å². The molecule has 0 saturated heterocycles. The first-order valence-corrected chi connectivity index (χ1v) is 6.74. The smallest absolute Gasteiger partial charge is 0.137 e. The summed E-state index contributed by atoms with van der Waals surface area (Å²) in [7, 11) is 1.64. The van der Waals surface area contributed by atoms with Crippen LogP contribution >= 0.6 is 11.6 Å². The highest BCUT2D eigenvalue weighted by atomic mass is 35.5. The second kappa shape index (κ2) is 5.47. The summed E-state index contributed by atoms with van der Waals surface area (Å²) in [5.74, 6) is 0.741. The number of halogens is 1. The van der Waals surface area contributed by atoms with E-state index < -0.39 is 0 Å². The molecular formula is C14H21ClN2O. The summed E-state index contributed by atoms with van der Waals surface area (Å²) < 4.78 is 5.20. The van der Waals surface area contributed by atoms with Gasteiger partial charge in [0.1, 0.15) is 5.75 Å². The second-order valence-corrected chi connectivity index (χ2v) is 5.61. The predicted molar refractivity (Wildman–Crippen MR) is 75.5 cm³/mol. The van der Waals surface area contributed by atoms with Crippen molar-refractivity contribution in [3.8, 4) is 5.75 Å². The van der Waals surface area contributed by atoms with Crippen molar-refractivity contribution in [3.63, 3.8) is 0 Å². The summed E-state index contributed by atoms with van der Waals surface area (Å²) in [4.78, 5) is 0. The van der Waals surface area contributed by atoms with E-state index in [-0.39, 0.29) is 5.54 Å². The van der Waals surface area contributed by atoms with E-state index in [9.17, 15) is 0 Å². The minimum atomic E-state index is 0.0760. The Hall–Kier alpha value is -0.770. The van der Waals surface area contributed by atoms with Gasteiger partial charge < -0.3 is 15.8 Å². The number of methoxy groups -OCH3 is 1. The van der Waals surface area contributed by atoms with Crippen LogP contribution < -0.4 is 15.8 Å². The highest BCUT2D eigenvalue weighted by Crippen LogP contribution is 2.31. The van der Waals surface area contributed by atoms with Crippen molar-refractivity contribution in [1.29, 1.82) is 0 Å². The summed E-state index contributed by atoms with van der Waals surface area (Å²) in [6, 6.07) is 3.98. The molecule has 0 atom stereocenters. The standard InChI is InChI=1S/C14H21ClN2O/c1-10-7-13(18-2)12(15)8-11(10)3-6-17-9-14(16)4-5-14/h7-8,17H,3-6,9,16H2,1-2H3. The van der Waals surface area contributed by atoms with Crippen LogP contribution in [-0.2, 0) is 6.42 Å². The molecule has 1 aliphatic rings. The normalized spacial score (nSPS) is 16.7.